The number of benzene rings is 1. The molecule has 3 saturated carbocycles. The van der Waals surface area contributed by atoms with Gasteiger partial charge in [-0.15, -0.1) is 0 Å². The Balaban J connectivity index is 1.15. The molecular formula is C32H38N2O. The zero-order valence-electron chi connectivity index (χ0n) is 21.3. The standard InChI is InChI=1S/C32H38N2O/c1-30-13-11-25-18-24-5-6-27(34(2)26-7-8-26)19-31(24)14-15-32(25,35-31)29(30)10-9-28(30)22-4-3-21-12-16-33-20-23(21)17-22/h3-4,11-12,16-18,20,26-29H,5-10,13-15,19H2,1-2H3/t27-,28-,29-,30-,31-,32-/m1/s1. The lowest BCUT2D eigenvalue weighted by Crippen LogP contribution is -2.55. The molecule has 2 aromatic rings. The van der Waals surface area contributed by atoms with Gasteiger partial charge in [0.1, 0.15) is 0 Å². The van der Waals surface area contributed by atoms with Crippen LogP contribution in [0.3, 0.4) is 0 Å². The maximum absolute atomic E-state index is 7.52. The molecule has 0 radical (unpaired) electrons. The highest BCUT2D eigenvalue weighted by Crippen LogP contribution is 2.69. The topological polar surface area (TPSA) is 25.4 Å². The first-order valence-corrected chi connectivity index (χ1v) is 14.2. The van der Waals surface area contributed by atoms with Crippen molar-refractivity contribution >= 4 is 10.8 Å². The number of rotatable bonds is 3. The molecule has 35 heavy (non-hydrogen) atoms. The molecule has 2 aliphatic heterocycles. The van der Waals surface area contributed by atoms with Crippen molar-refractivity contribution in [3.63, 3.8) is 0 Å². The molecule has 4 fully saturated rings. The van der Waals surface area contributed by atoms with Crippen molar-refractivity contribution in [3.8, 4) is 0 Å². The van der Waals surface area contributed by atoms with E-state index in [9.17, 15) is 0 Å². The van der Waals surface area contributed by atoms with E-state index in [1.165, 1.54) is 80.5 Å². The molecule has 1 saturated heterocycles. The lowest BCUT2D eigenvalue weighted by atomic mass is 9.58. The molecule has 182 valence electrons. The summed E-state index contributed by atoms with van der Waals surface area (Å²) >= 11 is 0. The average molecular weight is 467 g/mol. The van der Waals surface area contributed by atoms with E-state index >= 15 is 0 Å². The summed E-state index contributed by atoms with van der Waals surface area (Å²) in [5.74, 6) is 1.21. The summed E-state index contributed by atoms with van der Waals surface area (Å²) in [7, 11) is 2.38. The molecule has 3 nitrogen and oxygen atoms in total. The van der Waals surface area contributed by atoms with Gasteiger partial charge in [0, 0.05) is 29.9 Å². The van der Waals surface area contributed by atoms with Crippen LogP contribution in [-0.4, -0.2) is 40.2 Å². The highest BCUT2D eigenvalue weighted by atomic mass is 16.5. The first-order valence-electron chi connectivity index (χ1n) is 14.2. The number of aromatic nitrogens is 1. The highest BCUT2D eigenvalue weighted by molar-refractivity contribution is 5.82. The molecule has 2 spiro atoms. The Kier molecular flexibility index (Phi) is 4.27. The van der Waals surface area contributed by atoms with E-state index in [0.29, 0.717) is 17.9 Å². The van der Waals surface area contributed by atoms with Gasteiger partial charge in [0.15, 0.2) is 0 Å². The molecule has 0 amide bonds. The number of ether oxygens (including phenoxy) is 1. The van der Waals surface area contributed by atoms with Crippen LogP contribution < -0.4 is 0 Å². The van der Waals surface area contributed by atoms with Crippen LogP contribution in [0.15, 0.2) is 60.0 Å². The van der Waals surface area contributed by atoms with Gasteiger partial charge in [-0.1, -0.05) is 31.2 Å². The van der Waals surface area contributed by atoms with Crippen LogP contribution in [0.4, 0.5) is 0 Å². The molecule has 1 aromatic heterocycles. The fourth-order valence-corrected chi connectivity index (χ4v) is 9.38. The van der Waals surface area contributed by atoms with Crippen LogP contribution in [0.2, 0.25) is 0 Å². The Labute approximate surface area is 209 Å². The Hall–Kier alpha value is -1.97. The van der Waals surface area contributed by atoms with Gasteiger partial charge < -0.3 is 9.64 Å². The van der Waals surface area contributed by atoms with E-state index < -0.39 is 0 Å². The van der Waals surface area contributed by atoms with E-state index in [1.807, 2.05) is 12.4 Å². The molecule has 2 bridgehead atoms. The SMILES string of the molecule is CN(C1CC1)[C@@H]1CCC2=CC3=CC[C@]4(C)[C@@H](c5ccc6ccncc6c5)CC[C@H]4[C@@]34CC[C@]2(C1)O4. The molecule has 3 heterocycles. The van der Waals surface area contributed by atoms with Crippen LogP contribution in [-0.2, 0) is 4.74 Å². The lowest BCUT2D eigenvalue weighted by molar-refractivity contribution is -0.140. The first-order chi connectivity index (χ1) is 17.0. The number of pyridine rings is 1. The Bertz CT molecular complexity index is 1280. The van der Waals surface area contributed by atoms with Gasteiger partial charge in [-0.25, -0.2) is 0 Å². The molecule has 8 rings (SSSR count). The van der Waals surface area contributed by atoms with Gasteiger partial charge in [0.25, 0.3) is 0 Å². The van der Waals surface area contributed by atoms with Crippen molar-refractivity contribution in [1.29, 1.82) is 0 Å². The number of fused-ring (bicyclic) bond motifs is 2. The van der Waals surface area contributed by atoms with Gasteiger partial charge in [-0.2, -0.15) is 0 Å². The predicted octanol–water partition coefficient (Wildman–Crippen LogP) is 6.94. The zero-order valence-corrected chi connectivity index (χ0v) is 21.3. The normalized spacial score (nSPS) is 41.9. The van der Waals surface area contributed by atoms with Gasteiger partial charge >= 0.3 is 0 Å². The Morgan fingerprint density at radius 3 is 2.80 bits per heavy atom. The summed E-state index contributed by atoms with van der Waals surface area (Å²) in [5, 5.41) is 2.57. The second kappa shape index (κ2) is 7.07. The summed E-state index contributed by atoms with van der Waals surface area (Å²) in [5.41, 5.74) is 4.89. The molecule has 0 unspecified atom stereocenters. The minimum Gasteiger partial charge on any atom is -0.359 e. The van der Waals surface area contributed by atoms with E-state index in [-0.39, 0.29) is 16.6 Å². The van der Waals surface area contributed by atoms with Crippen LogP contribution in [0.5, 0.6) is 0 Å². The van der Waals surface area contributed by atoms with Crippen LogP contribution in [0.25, 0.3) is 10.8 Å². The monoisotopic (exact) mass is 466 g/mol. The maximum atomic E-state index is 7.52. The van der Waals surface area contributed by atoms with Gasteiger partial charge in [0.2, 0.25) is 0 Å². The Morgan fingerprint density at radius 1 is 1.00 bits per heavy atom. The average Bonchev–Trinajstić information content (AvgIpc) is 3.60. The van der Waals surface area contributed by atoms with Gasteiger partial charge in [-0.3, -0.25) is 4.98 Å². The minimum atomic E-state index is -0.0519. The molecular weight excluding hydrogens is 428 g/mol. The zero-order chi connectivity index (χ0) is 23.4. The van der Waals surface area contributed by atoms with E-state index in [1.54, 1.807) is 11.1 Å². The second-order valence-electron chi connectivity index (χ2n) is 13.0. The smallest absolute Gasteiger partial charge is 0.0974 e. The van der Waals surface area contributed by atoms with Crippen molar-refractivity contribution in [2.45, 2.75) is 100 Å². The third-order valence-corrected chi connectivity index (χ3v) is 11.4. The molecule has 0 N–H and O–H groups in total. The van der Waals surface area contributed by atoms with Gasteiger partial charge in [0.05, 0.1) is 11.2 Å². The second-order valence-corrected chi connectivity index (χ2v) is 13.0. The Morgan fingerprint density at radius 2 is 1.91 bits per heavy atom. The number of allylic oxidation sites excluding steroid dienone is 1. The highest BCUT2D eigenvalue weighted by Gasteiger charge is 2.66. The number of hydrogen-bond acceptors (Lipinski definition) is 3. The molecule has 4 aliphatic carbocycles. The number of hydrogen-bond donors (Lipinski definition) is 0. The predicted molar refractivity (Wildman–Crippen MR) is 140 cm³/mol. The fourth-order valence-electron chi connectivity index (χ4n) is 9.38. The summed E-state index contributed by atoms with van der Waals surface area (Å²) in [6.07, 6.45) is 21.9. The van der Waals surface area contributed by atoms with E-state index in [4.69, 9.17) is 4.74 Å². The van der Waals surface area contributed by atoms with Crippen molar-refractivity contribution in [3.05, 3.63) is 65.5 Å². The van der Waals surface area contributed by atoms with Crippen LogP contribution >= 0.6 is 0 Å². The van der Waals surface area contributed by atoms with Crippen molar-refractivity contribution in [1.82, 2.24) is 9.88 Å². The largest absolute Gasteiger partial charge is 0.359 e. The first kappa shape index (κ1) is 21.1. The summed E-state index contributed by atoms with van der Waals surface area (Å²) in [6.45, 7) is 2.59. The third-order valence-electron chi connectivity index (χ3n) is 11.4. The summed E-state index contributed by atoms with van der Waals surface area (Å²) < 4.78 is 7.52. The lowest BCUT2D eigenvalue weighted by Gasteiger charge is -2.55. The maximum Gasteiger partial charge on any atom is 0.0974 e. The molecule has 6 atom stereocenters. The molecule has 6 aliphatic rings. The number of nitrogens with zero attached hydrogens (tertiary/aromatic N) is 2. The summed E-state index contributed by atoms with van der Waals surface area (Å²) in [4.78, 5) is 7.10. The minimum absolute atomic E-state index is 0.00830. The van der Waals surface area contributed by atoms with Crippen molar-refractivity contribution < 1.29 is 4.74 Å². The van der Waals surface area contributed by atoms with Crippen LogP contribution in [0, 0.1) is 11.3 Å². The van der Waals surface area contributed by atoms with Crippen molar-refractivity contribution in [2.24, 2.45) is 11.3 Å². The fraction of sp³-hybridized carbons (Fsp3) is 0.594. The van der Waals surface area contributed by atoms with E-state index in [2.05, 4.69) is 60.3 Å². The van der Waals surface area contributed by atoms with Crippen LogP contribution in [0.1, 0.15) is 82.6 Å². The van der Waals surface area contributed by atoms with Crippen molar-refractivity contribution in [2.75, 3.05) is 7.05 Å². The quantitative estimate of drug-likeness (QED) is 0.490. The van der Waals surface area contributed by atoms with E-state index in [0.717, 1.165) is 6.04 Å². The molecule has 3 heteroatoms. The third kappa shape index (κ3) is 2.83. The summed E-state index contributed by atoms with van der Waals surface area (Å²) in [6, 6.07) is 10.8. The van der Waals surface area contributed by atoms with Gasteiger partial charge in [-0.05, 0) is 123 Å². The molecule has 1 aromatic carbocycles.